The first-order valence-corrected chi connectivity index (χ1v) is 12.2. The summed E-state index contributed by atoms with van der Waals surface area (Å²) >= 11 is 5.36. The molecule has 3 aromatic rings. The molecule has 1 aliphatic carbocycles. The largest absolute Gasteiger partial charge is 0.490 e. The lowest BCUT2D eigenvalue weighted by Crippen LogP contribution is -2.30. The highest BCUT2D eigenvalue weighted by Crippen LogP contribution is 2.35. The number of fused-ring (bicyclic) bond motifs is 2. The van der Waals surface area contributed by atoms with Crippen LogP contribution in [0, 0.1) is 0 Å². The number of allylic oxidation sites excluding steroid dienone is 2. The van der Waals surface area contributed by atoms with Gasteiger partial charge in [-0.3, -0.25) is 0 Å². The first-order valence-electron chi connectivity index (χ1n) is 10.3. The SMILES string of the molecule is O=S(=O)(NC(C1=CC(=S)CC=C1)c1cc2ccccc2o1)c1ccc2c(c1)OCCCO2. The molecule has 0 bridgehead atoms. The third kappa shape index (κ3) is 4.21. The van der Waals surface area contributed by atoms with E-state index < -0.39 is 16.1 Å². The molecule has 0 radical (unpaired) electrons. The third-order valence-electron chi connectivity index (χ3n) is 5.32. The molecule has 2 aliphatic rings. The molecule has 1 unspecified atom stereocenters. The van der Waals surface area contributed by atoms with Gasteiger partial charge >= 0.3 is 0 Å². The van der Waals surface area contributed by atoms with Crippen molar-refractivity contribution in [1.82, 2.24) is 4.72 Å². The Bertz CT molecular complexity index is 1320. The predicted octanol–water partition coefficient (Wildman–Crippen LogP) is 4.87. The van der Waals surface area contributed by atoms with Crippen molar-refractivity contribution in [3.63, 3.8) is 0 Å². The van der Waals surface area contributed by atoms with E-state index in [1.807, 2.05) is 48.6 Å². The summed E-state index contributed by atoms with van der Waals surface area (Å²) in [6.45, 7) is 1.01. The van der Waals surface area contributed by atoms with E-state index in [1.165, 1.54) is 12.1 Å². The maximum atomic E-state index is 13.4. The number of furan rings is 1. The first kappa shape index (κ1) is 20.9. The monoisotopic (exact) mass is 467 g/mol. The molecule has 164 valence electrons. The second-order valence-electron chi connectivity index (χ2n) is 7.62. The van der Waals surface area contributed by atoms with Gasteiger partial charge in [0.05, 0.1) is 18.1 Å². The molecule has 1 aliphatic heterocycles. The third-order valence-corrected chi connectivity index (χ3v) is 7.03. The van der Waals surface area contributed by atoms with Crippen LogP contribution in [0.4, 0.5) is 0 Å². The number of benzene rings is 2. The molecule has 0 saturated carbocycles. The summed E-state index contributed by atoms with van der Waals surface area (Å²) in [5, 5.41) is 0.894. The van der Waals surface area contributed by atoms with Crippen molar-refractivity contribution in [3.8, 4) is 11.5 Å². The van der Waals surface area contributed by atoms with E-state index in [4.69, 9.17) is 26.1 Å². The number of ether oxygens (including phenoxy) is 2. The fraction of sp³-hybridized carbons (Fsp3) is 0.208. The minimum absolute atomic E-state index is 0.0887. The normalized spacial score (nSPS) is 17.1. The van der Waals surface area contributed by atoms with Gasteiger partial charge in [0.1, 0.15) is 17.4 Å². The zero-order chi connectivity index (χ0) is 22.1. The van der Waals surface area contributed by atoms with E-state index in [0.717, 1.165) is 22.2 Å². The van der Waals surface area contributed by atoms with E-state index in [9.17, 15) is 8.42 Å². The molecule has 8 heteroatoms. The van der Waals surface area contributed by atoms with Crippen LogP contribution in [-0.2, 0) is 10.0 Å². The topological polar surface area (TPSA) is 77.8 Å². The summed E-state index contributed by atoms with van der Waals surface area (Å²) in [7, 11) is -3.92. The summed E-state index contributed by atoms with van der Waals surface area (Å²) in [6.07, 6.45) is 7.02. The Morgan fingerprint density at radius 3 is 2.62 bits per heavy atom. The quantitative estimate of drug-likeness (QED) is 0.540. The van der Waals surface area contributed by atoms with Crippen molar-refractivity contribution in [3.05, 3.63) is 78.1 Å². The highest BCUT2D eigenvalue weighted by molar-refractivity contribution is 7.89. The van der Waals surface area contributed by atoms with Crippen molar-refractivity contribution in [2.75, 3.05) is 13.2 Å². The van der Waals surface area contributed by atoms with E-state index in [1.54, 1.807) is 6.07 Å². The van der Waals surface area contributed by atoms with Crippen molar-refractivity contribution < 1.29 is 22.3 Å². The van der Waals surface area contributed by atoms with Crippen LogP contribution < -0.4 is 14.2 Å². The molecule has 0 saturated heterocycles. The fourth-order valence-corrected chi connectivity index (χ4v) is 5.19. The molecular formula is C24H21NO5S2. The highest BCUT2D eigenvalue weighted by Gasteiger charge is 2.28. The minimum Gasteiger partial charge on any atom is -0.490 e. The Kier molecular flexibility index (Phi) is 5.58. The van der Waals surface area contributed by atoms with Gasteiger partial charge in [-0.05, 0) is 35.9 Å². The molecule has 0 fully saturated rings. The number of nitrogens with one attached hydrogen (secondary N) is 1. The lowest BCUT2D eigenvalue weighted by molar-refractivity contribution is 0.297. The van der Waals surface area contributed by atoms with Gasteiger partial charge in [-0.15, -0.1) is 0 Å². The van der Waals surface area contributed by atoms with Crippen LogP contribution in [0.1, 0.15) is 24.6 Å². The molecule has 1 N–H and O–H groups in total. The van der Waals surface area contributed by atoms with Crippen LogP contribution in [0.25, 0.3) is 11.0 Å². The first-order chi connectivity index (χ1) is 15.5. The smallest absolute Gasteiger partial charge is 0.241 e. The number of para-hydroxylation sites is 1. The Balaban J connectivity index is 1.54. The number of rotatable bonds is 5. The van der Waals surface area contributed by atoms with Gasteiger partial charge in [0, 0.05) is 29.2 Å². The van der Waals surface area contributed by atoms with Crippen LogP contribution in [0.15, 0.2) is 81.6 Å². The second-order valence-corrected chi connectivity index (χ2v) is 9.86. The molecule has 5 rings (SSSR count). The molecule has 2 aromatic carbocycles. The molecular weight excluding hydrogens is 446 g/mol. The number of sulfonamides is 1. The van der Waals surface area contributed by atoms with Gasteiger partial charge < -0.3 is 13.9 Å². The summed E-state index contributed by atoms with van der Waals surface area (Å²) in [5.41, 5.74) is 1.41. The molecule has 0 amide bonds. The molecule has 2 heterocycles. The van der Waals surface area contributed by atoms with Gasteiger partial charge in [-0.1, -0.05) is 42.6 Å². The predicted molar refractivity (Wildman–Crippen MR) is 126 cm³/mol. The summed E-state index contributed by atoms with van der Waals surface area (Å²) < 4.78 is 46.9. The van der Waals surface area contributed by atoms with E-state index in [-0.39, 0.29) is 4.90 Å². The average Bonchev–Trinajstić information content (AvgIpc) is 3.07. The van der Waals surface area contributed by atoms with Gasteiger partial charge in [0.15, 0.2) is 11.5 Å². The average molecular weight is 468 g/mol. The Morgan fingerprint density at radius 1 is 1.00 bits per heavy atom. The molecule has 32 heavy (non-hydrogen) atoms. The summed E-state index contributed by atoms with van der Waals surface area (Å²) in [6, 6.07) is 13.3. The summed E-state index contributed by atoms with van der Waals surface area (Å²) in [5.74, 6) is 1.45. The van der Waals surface area contributed by atoms with Crippen LogP contribution in [0.3, 0.4) is 0 Å². The second kappa shape index (κ2) is 8.54. The van der Waals surface area contributed by atoms with Gasteiger partial charge in [0.25, 0.3) is 0 Å². The molecule has 1 aromatic heterocycles. The Morgan fingerprint density at radius 2 is 1.81 bits per heavy atom. The van der Waals surface area contributed by atoms with Crippen molar-refractivity contribution >= 4 is 38.1 Å². The molecule has 6 nitrogen and oxygen atoms in total. The molecule has 0 spiro atoms. The van der Waals surface area contributed by atoms with Crippen LogP contribution >= 0.6 is 12.2 Å². The highest BCUT2D eigenvalue weighted by atomic mass is 32.2. The van der Waals surface area contributed by atoms with Crippen LogP contribution in [-0.4, -0.2) is 26.5 Å². The zero-order valence-corrected chi connectivity index (χ0v) is 18.7. The van der Waals surface area contributed by atoms with Gasteiger partial charge in [-0.2, -0.15) is 4.72 Å². The maximum absolute atomic E-state index is 13.4. The Hall–Kier alpha value is -2.94. The van der Waals surface area contributed by atoms with Crippen LogP contribution in [0.5, 0.6) is 11.5 Å². The number of thiocarbonyl (C=S) groups is 1. The van der Waals surface area contributed by atoms with Gasteiger partial charge in [-0.25, -0.2) is 8.42 Å². The standard InChI is InChI=1S/C24H21NO5S2/c26-32(27,19-9-10-21-22(15-19)29-12-4-11-28-21)25-24(17-6-3-7-18(31)13-17)23-14-16-5-1-2-8-20(16)30-23/h1-3,5-6,8-10,13-15,24-25H,4,7,11-12H2. The number of hydrogen-bond donors (Lipinski definition) is 1. The van der Waals surface area contributed by atoms with Gasteiger partial charge in [0.2, 0.25) is 10.0 Å². The van der Waals surface area contributed by atoms with Crippen LogP contribution in [0.2, 0.25) is 0 Å². The Labute approximate surface area is 191 Å². The lowest BCUT2D eigenvalue weighted by atomic mass is 9.99. The molecule has 1 atom stereocenters. The van der Waals surface area contributed by atoms with E-state index in [0.29, 0.717) is 42.5 Å². The van der Waals surface area contributed by atoms with Crippen molar-refractivity contribution in [1.29, 1.82) is 0 Å². The number of hydrogen-bond acceptors (Lipinski definition) is 6. The van der Waals surface area contributed by atoms with Crippen molar-refractivity contribution in [2.45, 2.75) is 23.8 Å². The van der Waals surface area contributed by atoms with E-state index >= 15 is 0 Å². The van der Waals surface area contributed by atoms with Crippen molar-refractivity contribution in [2.24, 2.45) is 0 Å². The summed E-state index contributed by atoms with van der Waals surface area (Å²) in [4.78, 5) is 0.823. The lowest BCUT2D eigenvalue weighted by Gasteiger charge is -2.20. The maximum Gasteiger partial charge on any atom is 0.241 e. The minimum atomic E-state index is -3.92. The van der Waals surface area contributed by atoms with E-state index in [2.05, 4.69) is 4.72 Å². The zero-order valence-electron chi connectivity index (χ0n) is 17.1. The fourth-order valence-electron chi connectivity index (χ4n) is 3.75.